The van der Waals surface area contributed by atoms with E-state index in [-0.39, 0.29) is 16.8 Å². The fourth-order valence-electron chi connectivity index (χ4n) is 3.63. The molecular formula is C21H23F6N3. The third-order valence-corrected chi connectivity index (χ3v) is 5.41. The summed E-state index contributed by atoms with van der Waals surface area (Å²) >= 11 is 0. The maximum absolute atomic E-state index is 13.7. The van der Waals surface area contributed by atoms with Crippen molar-refractivity contribution < 1.29 is 26.3 Å². The molecule has 3 nitrogen and oxygen atoms in total. The number of aryl methyl sites for hydroxylation is 1. The van der Waals surface area contributed by atoms with Gasteiger partial charge in [-0.1, -0.05) is 32.9 Å². The third kappa shape index (κ3) is 3.70. The van der Waals surface area contributed by atoms with Gasteiger partial charge in [-0.3, -0.25) is 0 Å². The van der Waals surface area contributed by atoms with Crippen molar-refractivity contribution in [2.45, 2.75) is 58.6 Å². The summed E-state index contributed by atoms with van der Waals surface area (Å²) in [4.78, 5) is 5.79. The van der Waals surface area contributed by atoms with Crippen LogP contribution in [0.3, 0.4) is 0 Å². The van der Waals surface area contributed by atoms with E-state index in [1.54, 1.807) is 13.8 Å². The van der Waals surface area contributed by atoms with Crippen molar-refractivity contribution in [3.05, 3.63) is 46.8 Å². The van der Waals surface area contributed by atoms with Gasteiger partial charge in [0.15, 0.2) is 5.69 Å². The molecule has 0 amide bonds. The highest BCUT2D eigenvalue weighted by atomic mass is 19.4. The van der Waals surface area contributed by atoms with Crippen molar-refractivity contribution in [1.29, 1.82) is 0 Å². The predicted octanol–water partition coefficient (Wildman–Crippen LogP) is 6.66. The fraction of sp³-hybridized carbons (Fsp3) is 0.476. The molecule has 0 radical (unpaired) electrons. The number of hydrogen-bond donors (Lipinski definition) is 0. The lowest BCUT2D eigenvalue weighted by atomic mass is 9.86. The van der Waals surface area contributed by atoms with Crippen LogP contribution < -0.4 is 9.80 Å². The molecule has 1 aromatic heterocycles. The zero-order chi connectivity index (χ0) is 22.8. The summed E-state index contributed by atoms with van der Waals surface area (Å²) in [6, 6.07) is 6.28. The number of benzene rings is 1. The van der Waals surface area contributed by atoms with Crippen LogP contribution in [0.15, 0.2) is 24.3 Å². The number of halogens is 6. The predicted molar refractivity (Wildman–Crippen MR) is 104 cm³/mol. The second-order valence-electron chi connectivity index (χ2n) is 8.58. The molecule has 2 heterocycles. The Balaban J connectivity index is 2.33. The van der Waals surface area contributed by atoms with Crippen LogP contribution in [0.4, 0.5) is 43.4 Å². The molecule has 0 spiro atoms. The molecule has 3 rings (SSSR count). The van der Waals surface area contributed by atoms with E-state index in [9.17, 15) is 26.3 Å². The molecule has 0 saturated carbocycles. The van der Waals surface area contributed by atoms with Crippen LogP contribution >= 0.6 is 0 Å². The lowest BCUT2D eigenvalue weighted by Crippen LogP contribution is -2.36. The standard InChI is InChI=1S/C21H23F6N3/c1-11-7-8-13(19(3,4)5)9-14(11)30-12(2)29(6)17-15(30)10-16(20(22,23)24)28-18(17)21(25,26)27/h7-10,12H,1-6H3. The summed E-state index contributed by atoms with van der Waals surface area (Å²) in [5.74, 6) is 0. The number of nitrogens with zero attached hydrogens (tertiary/aromatic N) is 3. The molecule has 1 aliphatic heterocycles. The topological polar surface area (TPSA) is 19.4 Å². The number of aromatic nitrogens is 1. The zero-order valence-electron chi connectivity index (χ0n) is 17.5. The Morgan fingerprint density at radius 2 is 1.50 bits per heavy atom. The molecule has 1 aromatic carbocycles. The normalized spacial score (nSPS) is 17.5. The summed E-state index contributed by atoms with van der Waals surface area (Å²) in [5, 5.41) is 0. The van der Waals surface area contributed by atoms with E-state index in [4.69, 9.17) is 0 Å². The van der Waals surface area contributed by atoms with Crippen LogP contribution in [-0.4, -0.2) is 18.2 Å². The highest BCUT2D eigenvalue weighted by Crippen LogP contribution is 2.51. The van der Waals surface area contributed by atoms with E-state index in [1.165, 1.54) is 16.8 Å². The average Bonchev–Trinajstić information content (AvgIpc) is 2.83. The monoisotopic (exact) mass is 431 g/mol. The van der Waals surface area contributed by atoms with Crippen LogP contribution in [-0.2, 0) is 17.8 Å². The average molecular weight is 431 g/mol. The molecule has 0 fully saturated rings. The second-order valence-corrected chi connectivity index (χ2v) is 8.58. The molecule has 164 valence electrons. The molecule has 0 saturated heterocycles. The number of rotatable bonds is 1. The first-order valence-electron chi connectivity index (χ1n) is 9.36. The van der Waals surface area contributed by atoms with Crippen molar-refractivity contribution in [3.63, 3.8) is 0 Å². The SMILES string of the molecule is Cc1ccc(C(C)(C)C)cc1N1c2cc(C(F)(F)F)nc(C(F)(F)F)c2N(C)C1C. The first-order valence-corrected chi connectivity index (χ1v) is 9.36. The fourth-order valence-corrected chi connectivity index (χ4v) is 3.63. The van der Waals surface area contributed by atoms with E-state index in [1.807, 2.05) is 39.0 Å². The maximum Gasteiger partial charge on any atom is 0.435 e. The van der Waals surface area contributed by atoms with E-state index in [0.29, 0.717) is 11.8 Å². The minimum Gasteiger partial charge on any atom is -0.351 e. The van der Waals surface area contributed by atoms with Crippen LogP contribution in [0, 0.1) is 6.92 Å². The van der Waals surface area contributed by atoms with E-state index in [0.717, 1.165) is 11.1 Å². The largest absolute Gasteiger partial charge is 0.435 e. The zero-order valence-corrected chi connectivity index (χ0v) is 17.5. The quantitative estimate of drug-likeness (QED) is 0.471. The summed E-state index contributed by atoms with van der Waals surface area (Å²) in [5.41, 5.74) is -1.63. The van der Waals surface area contributed by atoms with Gasteiger partial charge in [-0.15, -0.1) is 0 Å². The van der Waals surface area contributed by atoms with Gasteiger partial charge in [0.05, 0.1) is 11.4 Å². The van der Waals surface area contributed by atoms with Crippen molar-refractivity contribution in [2.24, 2.45) is 0 Å². The molecule has 1 atom stereocenters. The lowest BCUT2D eigenvalue weighted by Gasteiger charge is -2.30. The molecule has 9 heteroatoms. The third-order valence-electron chi connectivity index (χ3n) is 5.41. The Bertz CT molecular complexity index is 972. The summed E-state index contributed by atoms with van der Waals surface area (Å²) < 4.78 is 81.2. The van der Waals surface area contributed by atoms with Crippen molar-refractivity contribution in [2.75, 3.05) is 16.8 Å². The van der Waals surface area contributed by atoms with Crippen LogP contribution in [0.25, 0.3) is 0 Å². The van der Waals surface area contributed by atoms with E-state index in [2.05, 4.69) is 4.98 Å². The molecule has 1 unspecified atom stereocenters. The van der Waals surface area contributed by atoms with E-state index >= 15 is 0 Å². The minimum absolute atomic E-state index is 0.159. The van der Waals surface area contributed by atoms with Gasteiger partial charge in [0, 0.05) is 12.7 Å². The van der Waals surface area contributed by atoms with E-state index < -0.39 is 29.9 Å². The molecule has 0 N–H and O–H groups in total. The molecular weight excluding hydrogens is 408 g/mol. The molecule has 0 bridgehead atoms. The Morgan fingerprint density at radius 1 is 0.900 bits per heavy atom. The minimum atomic E-state index is -5.03. The number of hydrogen-bond acceptors (Lipinski definition) is 3. The van der Waals surface area contributed by atoms with Gasteiger partial charge in [0.2, 0.25) is 0 Å². The smallest absolute Gasteiger partial charge is 0.351 e. The first-order chi connectivity index (χ1) is 13.5. The van der Waals surface area contributed by atoms with Crippen LogP contribution in [0.1, 0.15) is 50.2 Å². The van der Waals surface area contributed by atoms with Crippen LogP contribution in [0.5, 0.6) is 0 Å². The Kier molecular flexibility index (Phi) is 5.03. The van der Waals surface area contributed by atoms with Crippen molar-refractivity contribution in [3.8, 4) is 0 Å². The summed E-state index contributed by atoms with van der Waals surface area (Å²) in [7, 11) is 1.43. The second kappa shape index (κ2) is 6.78. The Hall–Kier alpha value is -2.45. The highest BCUT2D eigenvalue weighted by molar-refractivity contribution is 5.86. The lowest BCUT2D eigenvalue weighted by molar-refractivity contribution is -0.149. The number of alkyl halides is 6. The number of fused-ring (bicyclic) bond motifs is 1. The summed E-state index contributed by atoms with van der Waals surface area (Å²) in [6.07, 6.45) is -10.7. The van der Waals surface area contributed by atoms with Crippen molar-refractivity contribution in [1.82, 2.24) is 4.98 Å². The van der Waals surface area contributed by atoms with Gasteiger partial charge in [0.1, 0.15) is 11.9 Å². The van der Waals surface area contributed by atoms with Gasteiger partial charge < -0.3 is 9.80 Å². The van der Waals surface area contributed by atoms with Crippen molar-refractivity contribution >= 4 is 17.1 Å². The van der Waals surface area contributed by atoms with Gasteiger partial charge >= 0.3 is 12.4 Å². The molecule has 2 aromatic rings. The first kappa shape index (κ1) is 22.2. The highest BCUT2D eigenvalue weighted by Gasteiger charge is 2.47. The Labute approximate surface area is 171 Å². The van der Waals surface area contributed by atoms with Crippen LogP contribution in [0.2, 0.25) is 0 Å². The molecule has 0 aliphatic carbocycles. The number of anilines is 3. The molecule has 30 heavy (non-hydrogen) atoms. The van der Waals surface area contributed by atoms with Gasteiger partial charge in [0.25, 0.3) is 0 Å². The maximum atomic E-state index is 13.7. The van der Waals surface area contributed by atoms with Gasteiger partial charge in [-0.05, 0) is 42.5 Å². The number of pyridine rings is 1. The Morgan fingerprint density at radius 3 is 2.00 bits per heavy atom. The van der Waals surface area contributed by atoms with Gasteiger partial charge in [-0.2, -0.15) is 26.3 Å². The molecule has 1 aliphatic rings. The van der Waals surface area contributed by atoms with Gasteiger partial charge in [-0.25, -0.2) is 4.98 Å². The summed E-state index contributed by atoms with van der Waals surface area (Å²) in [6.45, 7) is 9.40.